The molecule has 1 atom stereocenters. The van der Waals surface area contributed by atoms with E-state index >= 15 is 0 Å². The van der Waals surface area contributed by atoms with Gasteiger partial charge in [0.05, 0.1) is 12.7 Å². The summed E-state index contributed by atoms with van der Waals surface area (Å²) in [6.07, 6.45) is 0. The number of aliphatic hydroxyl groups excluding tert-OH is 1. The number of Topliss-reactive ketones (excluding diaryl/α,β-unsaturated/α-hetero) is 1. The molecule has 28 heavy (non-hydrogen) atoms. The number of likely N-dealkylation sites (N-methyl/N-ethyl adjacent to an activating group) is 1. The molecule has 2 heterocycles. The third-order valence-electron chi connectivity index (χ3n) is 4.70. The van der Waals surface area contributed by atoms with Crippen molar-refractivity contribution in [3.8, 4) is 5.75 Å². The Morgan fingerprint density at radius 1 is 1.25 bits per heavy atom. The van der Waals surface area contributed by atoms with Crippen molar-refractivity contribution < 1.29 is 23.8 Å². The highest BCUT2D eigenvalue weighted by atomic mass is 16.5. The van der Waals surface area contributed by atoms with E-state index in [4.69, 9.17) is 9.15 Å². The average molecular weight is 384 g/mol. The van der Waals surface area contributed by atoms with Crippen LogP contribution in [0.2, 0.25) is 0 Å². The number of furan rings is 1. The number of benzene rings is 1. The van der Waals surface area contributed by atoms with Gasteiger partial charge in [-0.2, -0.15) is 0 Å². The van der Waals surface area contributed by atoms with Crippen LogP contribution in [0.5, 0.6) is 5.75 Å². The number of hydrogen-bond donors (Lipinski definition) is 1. The van der Waals surface area contributed by atoms with Gasteiger partial charge in [0, 0.05) is 18.7 Å². The van der Waals surface area contributed by atoms with Crippen molar-refractivity contribution in [2.24, 2.45) is 0 Å². The number of hydrogen-bond acceptors (Lipinski definition) is 6. The van der Waals surface area contributed by atoms with Crippen LogP contribution in [-0.4, -0.2) is 60.9 Å². The van der Waals surface area contributed by atoms with Crippen molar-refractivity contribution in [3.05, 3.63) is 59.1 Å². The number of ketones is 1. The van der Waals surface area contributed by atoms with E-state index in [-0.39, 0.29) is 11.3 Å². The molecule has 1 fully saturated rings. The molecule has 1 amide bonds. The molecule has 1 aromatic heterocycles. The van der Waals surface area contributed by atoms with E-state index in [1.54, 1.807) is 43.3 Å². The Morgan fingerprint density at radius 2 is 2.00 bits per heavy atom. The van der Waals surface area contributed by atoms with Crippen molar-refractivity contribution in [1.82, 2.24) is 9.80 Å². The molecule has 1 saturated heterocycles. The Bertz CT molecular complexity index is 928. The molecule has 0 saturated carbocycles. The van der Waals surface area contributed by atoms with Gasteiger partial charge in [-0.3, -0.25) is 9.59 Å². The monoisotopic (exact) mass is 384 g/mol. The zero-order valence-electron chi connectivity index (χ0n) is 16.4. The van der Waals surface area contributed by atoms with Gasteiger partial charge in [0.1, 0.15) is 29.1 Å². The molecule has 2 aromatic rings. The Hall–Kier alpha value is -3.06. The lowest BCUT2D eigenvalue weighted by Gasteiger charge is -2.24. The molecule has 1 aromatic carbocycles. The molecule has 1 aliphatic rings. The second-order valence-electron chi connectivity index (χ2n) is 6.98. The summed E-state index contributed by atoms with van der Waals surface area (Å²) in [4.78, 5) is 28.9. The van der Waals surface area contributed by atoms with Crippen molar-refractivity contribution in [2.45, 2.75) is 13.0 Å². The smallest absolute Gasteiger partial charge is 0.295 e. The molecule has 3 rings (SSSR count). The Morgan fingerprint density at radius 3 is 2.61 bits per heavy atom. The maximum absolute atomic E-state index is 12.8. The predicted octanol–water partition coefficient (Wildman–Crippen LogP) is 2.58. The van der Waals surface area contributed by atoms with Crippen molar-refractivity contribution in [1.29, 1.82) is 0 Å². The van der Waals surface area contributed by atoms with Crippen LogP contribution >= 0.6 is 0 Å². The highest BCUT2D eigenvalue weighted by molar-refractivity contribution is 6.46. The number of methoxy groups -OCH3 is 1. The van der Waals surface area contributed by atoms with Crippen LogP contribution in [0, 0.1) is 6.92 Å². The molecule has 1 aliphatic heterocycles. The number of nitrogens with zero attached hydrogens (tertiary/aromatic N) is 2. The fraction of sp³-hybridized carbons (Fsp3) is 0.333. The van der Waals surface area contributed by atoms with Gasteiger partial charge in [-0.1, -0.05) is 12.1 Å². The lowest BCUT2D eigenvalue weighted by atomic mass is 9.99. The number of rotatable bonds is 6. The number of carbonyl (C=O) groups excluding carboxylic acids is 2. The summed E-state index contributed by atoms with van der Waals surface area (Å²) in [6, 6.07) is 9.45. The van der Waals surface area contributed by atoms with Gasteiger partial charge >= 0.3 is 0 Å². The van der Waals surface area contributed by atoms with Crippen molar-refractivity contribution >= 4 is 17.4 Å². The standard InChI is InChI=1S/C21H24N2O5/c1-13-8-9-16(28-13)18-17(19(24)14-6-5-7-15(12-14)27-4)20(25)21(26)23(18)11-10-22(2)3/h5-9,12,18,24H,10-11H2,1-4H3/b19-17+/t18-/m0/s1. The number of likely N-dealkylation sites (tertiary alicyclic amines) is 1. The van der Waals surface area contributed by atoms with E-state index < -0.39 is 17.7 Å². The van der Waals surface area contributed by atoms with Crippen LogP contribution < -0.4 is 4.74 Å². The van der Waals surface area contributed by atoms with Gasteiger partial charge in [-0.25, -0.2) is 0 Å². The van der Waals surface area contributed by atoms with Gasteiger partial charge in [-0.05, 0) is 45.3 Å². The Kier molecular flexibility index (Phi) is 5.56. The number of aliphatic hydroxyl groups is 1. The molecule has 1 N–H and O–H groups in total. The summed E-state index contributed by atoms with van der Waals surface area (Å²) in [5, 5.41) is 10.9. The first-order valence-electron chi connectivity index (χ1n) is 8.97. The minimum Gasteiger partial charge on any atom is -0.507 e. The summed E-state index contributed by atoms with van der Waals surface area (Å²) >= 11 is 0. The van der Waals surface area contributed by atoms with Gasteiger partial charge in [0.25, 0.3) is 11.7 Å². The van der Waals surface area contributed by atoms with E-state index in [0.717, 1.165) is 0 Å². The van der Waals surface area contributed by atoms with E-state index in [9.17, 15) is 14.7 Å². The summed E-state index contributed by atoms with van der Waals surface area (Å²) in [7, 11) is 5.29. The van der Waals surface area contributed by atoms with Gasteiger partial charge in [0.15, 0.2) is 0 Å². The van der Waals surface area contributed by atoms with Gasteiger partial charge in [0.2, 0.25) is 0 Å². The molecule has 7 heteroatoms. The van der Waals surface area contributed by atoms with E-state index in [1.807, 2.05) is 19.0 Å². The zero-order valence-corrected chi connectivity index (χ0v) is 16.4. The maximum atomic E-state index is 12.8. The van der Waals surface area contributed by atoms with Crippen LogP contribution in [0.1, 0.15) is 23.1 Å². The molecule has 0 bridgehead atoms. The highest BCUT2D eigenvalue weighted by Crippen LogP contribution is 2.40. The van der Waals surface area contributed by atoms with Crippen molar-refractivity contribution in [3.63, 3.8) is 0 Å². The molecular formula is C21H24N2O5. The summed E-state index contributed by atoms with van der Waals surface area (Å²) in [5.74, 6) is 0.0258. The van der Waals surface area contributed by atoms with Crippen LogP contribution in [-0.2, 0) is 9.59 Å². The maximum Gasteiger partial charge on any atom is 0.295 e. The van der Waals surface area contributed by atoms with E-state index in [1.165, 1.54) is 12.0 Å². The number of amides is 1. The number of carbonyl (C=O) groups is 2. The van der Waals surface area contributed by atoms with Gasteiger partial charge in [-0.15, -0.1) is 0 Å². The minimum absolute atomic E-state index is 0.0198. The largest absolute Gasteiger partial charge is 0.507 e. The SMILES string of the molecule is COc1cccc(/C(O)=C2\C(=O)C(=O)N(CCN(C)C)[C@H]2c2ccc(C)o2)c1. The summed E-state index contributed by atoms with van der Waals surface area (Å²) < 4.78 is 10.9. The normalized spacial score (nSPS) is 18.9. The summed E-state index contributed by atoms with van der Waals surface area (Å²) in [5.41, 5.74) is 0.421. The first-order chi connectivity index (χ1) is 13.3. The molecule has 0 radical (unpaired) electrons. The number of ether oxygens (including phenoxy) is 1. The Labute approximate surface area is 163 Å². The third kappa shape index (κ3) is 3.66. The molecule has 0 unspecified atom stereocenters. The number of aryl methyl sites for hydroxylation is 1. The fourth-order valence-electron chi connectivity index (χ4n) is 3.24. The Balaban J connectivity index is 2.13. The quantitative estimate of drug-likeness (QED) is 0.468. The van der Waals surface area contributed by atoms with Gasteiger partial charge < -0.3 is 24.1 Å². The summed E-state index contributed by atoms with van der Waals surface area (Å²) in [6.45, 7) is 2.69. The van der Waals surface area contributed by atoms with Crippen LogP contribution in [0.3, 0.4) is 0 Å². The third-order valence-corrected chi connectivity index (χ3v) is 4.70. The molecular weight excluding hydrogens is 360 g/mol. The molecule has 0 spiro atoms. The first kappa shape index (κ1) is 19.7. The van der Waals surface area contributed by atoms with E-state index in [2.05, 4.69) is 0 Å². The lowest BCUT2D eigenvalue weighted by Crippen LogP contribution is -2.35. The van der Waals surface area contributed by atoms with Crippen molar-refractivity contribution in [2.75, 3.05) is 34.3 Å². The second-order valence-corrected chi connectivity index (χ2v) is 6.98. The first-order valence-corrected chi connectivity index (χ1v) is 8.97. The molecule has 148 valence electrons. The minimum atomic E-state index is -0.778. The molecule has 7 nitrogen and oxygen atoms in total. The fourth-order valence-corrected chi connectivity index (χ4v) is 3.24. The highest BCUT2D eigenvalue weighted by Gasteiger charge is 2.47. The van der Waals surface area contributed by atoms with Crippen LogP contribution in [0.4, 0.5) is 0 Å². The molecule has 0 aliphatic carbocycles. The predicted molar refractivity (Wildman–Crippen MR) is 104 cm³/mol. The van der Waals surface area contributed by atoms with E-state index in [0.29, 0.717) is 35.9 Å². The second kappa shape index (κ2) is 7.90. The zero-order chi connectivity index (χ0) is 20.4. The topological polar surface area (TPSA) is 83.2 Å². The average Bonchev–Trinajstić information content (AvgIpc) is 3.21. The van der Waals surface area contributed by atoms with Crippen LogP contribution in [0.25, 0.3) is 5.76 Å². The lowest BCUT2D eigenvalue weighted by molar-refractivity contribution is -0.140. The van der Waals surface area contributed by atoms with Crippen LogP contribution in [0.15, 0.2) is 46.4 Å².